The lowest BCUT2D eigenvalue weighted by atomic mass is 10.1. The summed E-state index contributed by atoms with van der Waals surface area (Å²) < 4.78 is 25.6. The summed E-state index contributed by atoms with van der Waals surface area (Å²) in [6.45, 7) is 4.65. The van der Waals surface area contributed by atoms with Gasteiger partial charge in [0.1, 0.15) is 17.7 Å². The Hall–Kier alpha value is -3.07. The van der Waals surface area contributed by atoms with Crippen LogP contribution in [0.15, 0.2) is 48.7 Å². The molecule has 35 heavy (non-hydrogen) atoms. The van der Waals surface area contributed by atoms with Crippen LogP contribution in [0.25, 0.3) is 11.1 Å². The number of amides is 1. The van der Waals surface area contributed by atoms with Crippen molar-refractivity contribution in [3.8, 4) is 22.6 Å². The molecule has 2 heterocycles. The monoisotopic (exact) mass is 518 g/mol. The van der Waals surface area contributed by atoms with Crippen LogP contribution in [-0.2, 0) is 4.79 Å². The fourth-order valence-electron chi connectivity index (χ4n) is 3.77. The molecule has 10 heteroatoms. The number of anilines is 1. The van der Waals surface area contributed by atoms with Crippen LogP contribution < -0.4 is 20.5 Å². The maximum atomic E-state index is 13.9. The molecular formula is C25H25Cl2FN4O3. The number of hydrogen-bond donors (Lipinski definition) is 2. The molecule has 1 aromatic heterocycles. The van der Waals surface area contributed by atoms with E-state index in [-0.39, 0.29) is 28.4 Å². The summed E-state index contributed by atoms with van der Waals surface area (Å²) in [7, 11) is 0. The van der Waals surface area contributed by atoms with Crippen LogP contribution in [0.2, 0.25) is 10.0 Å². The van der Waals surface area contributed by atoms with Gasteiger partial charge in [-0.3, -0.25) is 4.79 Å². The van der Waals surface area contributed by atoms with Crippen LogP contribution in [-0.4, -0.2) is 48.6 Å². The summed E-state index contributed by atoms with van der Waals surface area (Å²) in [5.41, 5.74) is 7.94. The zero-order chi connectivity index (χ0) is 24.9. The van der Waals surface area contributed by atoms with E-state index >= 15 is 0 Å². The number of ether oxygens (including phenoxy) is 2. The quantitative estimate of drug-likeness (QED) is 0.439. The molecule has 3 N–H and O–H groups in total. The second-order valence-electron chi connectivity index (χ2n) is 8.07. The van der Waals surface area contributed by atoms with Gasteiger partial charge in [0.25, 0.3) is 5.91 Å². The lowest BCUT2D eigenvalue weighted by Crippen LogP contribution is -2.47. The molecule has 0 aliphatic carbocycles. The number of hydrogen-bond acceptors (Lipinski definition) is 6. The lowest BCUT2D eigenvalue weighted by Gasteiger charge is -2.27. The maximum Gasteiger partial charge on any atom is 0.260 e. The van der Waals surface area contributed by atoms with Crippen molar-refractivity contribution in [3.05, 3.63) is 70.1 Å². The highest BCUT2D eigenvalue weighted by Crippen LogP contribution is 2.37. The Bertz CT molecular complexity index is 1200. The topological polar surface area (TPSA) is 89.7 Å². The largest absolute Gasteiger partial charge is 0.484 e. The predicted octanol–water partition coefficient (Wildman–Crippen LogP) is 4.73. The fourth-order valence-corrected chi connectivity index (χ4v) is 4.44. The van der Waals surface area contributed by atoms with Gasteiger partial charge in [0.15, 0.2) is 18.2 Å². The van der Waals surface area contributed by atoms with Crippen LogP contribution in [0, 0.1) is 5.82 Å². The first-order valence-corrected chi connectivity index (χ1v) is 11.9. The van der Waals surface area contributed by atoms with Crippen molar-refractivity contribution in [2.45, 2.75) is 13.0 Å². The van der Waals surface area contributed by atoms with E-state index in [0.717, 1.165) is 24.2 Å². The van der Waals surface area contributed by atoms with Gasteiger partial charge in [-0.25, -0.2) is 9.37 Å². The van der Waals surface area contributed by atoms with E-state index in [1.165, 1.54) is 12.1 Å². The molecule has 184 valence electrons. The molecule has 1 aliphatic rings. The third-order valence-electron chi connectivity index (χ3n) is 5.69. The van der Waals surface area contributed by atoms with Crippen molar-refractivity contribution in [2.75, 3.05) is 38.5 Å². The lowest BCUT2D eigenvalue weighted by molar-refractivity contribution is -0.133. The van der Waals surface area contributed by atoms with Crippen LogP contribution in [0.3, 0.4) is 0 Å². The summed E-state index contributed by atoms with van der Waals surface area (Å²) in [6.07, 6.45) is 0.952. The fraction of sp³-hybridized carbons (Fsp3) is 0.280. The molecule has 3 aromatic rings. The second kappa shape index (κ2) is 11.1. The highest BCUT2D eigenvalue weighted by atomic mass is 35.5. The van der Waals surface area contributed by atoms with Gasteiger partial charge >= 0.3 is 0 Å². The molecule has 2 aromatic carbocycles. The molecule has 1 atom stereocenters. The van der Waals surface area contributed by atoms with Gasteiger partial charge in [-0.1, -0.05) is 35.3 Å². The first-order valence-electron chi connectivity index (χ1n) is 11.1. The van der Waals surface area contributed by atoms with Crippen LogP contribution in [0.1, 0.15) is 18.6 Å². The summed E-state index contributed by atoms with van der Waals surface area (Å²) in [4.78, 5) is 18.3. The van der Waals surface area contributed by atoms with Gasteiger partial charge < -0.3 is 25.4 Å². The number of rotatable bonds is 7. The van der Waals surface area contributed by atoms with Crippen LogP contribution in [0.4, 0.5) is 10.2 Å². The number of nitrogens with two attached hydrogens (primary N) is 1. The molecule has 4 rings (SSSR count). The molecule has 7 nitrogen and oxygen atoms in total. The van der Waals surface area contributed by atoms with Gasteiger partial charge in [-0.05, 0) is 42.8 Å². The molecule has 1 aliphatic heterocycles. The van der Waals surface area contributed by atoms with Crippen molar-refractivity contribution < 1.29 is 18.7 Å². The number of pyridine rings is 1. The molecule has 0 spiro atoms. The number of carbonyl (C=O) groups excluding carboxylic acids is 1. The number of piperazine rings is 1. The highest BCUT2D eigenvalue weighted by molar-refractivity contribution is 6.36. The van der Waals surface area contributed by atoms with E-state index in [9.17, 15) is 9.18 Å². The second-order valence-corrected chi connectivity index (χ2v) is 8.85. The average Bonchev–Trinajstić information content (AvgIpc) is 2.87. The van der Waals surface area contributed by atoms with E-state index < -0.39 is 11.9 Å². The van der Waals surface area contributed by atoms with Gasteiger partial charge in [-0.15, -0.1) is 0 Å². The van der Waals surface area contributed by atoms with Gasteiger partial charge in [0, 0.05) is 48.5 Å². The minimum absolute atomic E-state index is 0.0101. The van der Waals surface area contributed by atoms with Crippen LogP contribution >= 0.6 is 23.2 Å². The molecule has 0 bridgehead atoms. The average molecular weight is 519 g/mol. The standard InChI is InChI=1S/C25H25Cl2FN4O3/c1-15(23-19(26)6-7-20(28)24(23)27)35-21-12-17(13-31-25(21)29)16-2-4-18(5-3-16)34-14-22(33)32-10-8-30-9-11-32/h2-7,12-13,15,30H,8-11,14H2,1H3,(H2,29,31). The first-order chi connectivity index (χ1) is 16.8. The highest BCUT2D eigenvalue weighted by Gasteiger charge is 2.20. The van der Waals surface area contributed by atoms with Crippen molar-refractivity contribution in [3.63, 3.8) is 0 Å². The zero-order valence-corrected chi connectivity index (χ0v) is 20.6. The number of halogens is 3. The summed E-state index contributed by atoms with van der Waals surface area (Å²) in [5.74, 6) is 0.455. The number of benzene rings is 2. The Morgan fingerprint density at radius 1 is 1.17 bits per heavy atom. The van der Waals surface area contributed by atoms with Gasteiger partial charge in [0.05, 0.1) is 5.02 Å². The summed E-state index contributed by atoms with van der Waals surface area (Å²) in [5, 5.41) is 3.41. The molecule has 0 radical (unpaired) electrons. The summed E-state index contributed by atoms with van der Waals surface area (Å²) >= 11 is 12.3. The van der Waals surface area contributed by atoms with E-state index in [2.05, 4.69) is 10.3 Å². The van der Waals surface area contributed by atoms with Crippen molar-refractivity contribution >= 4 is 34.9 Å². The minimum Gasteiger partial charge on any atom is -0.484 e. The Balaban J connectivity index is 1.44. The Morgan fingerprint density at radius 2 is 1.89 bits per heavy atom. The van der Waals surface area contributed by atoms with Crippen molar-refractivity contribution in [1.82, 2.24) is 15.2 Å². The summed E-state index contributed by atoms with van der Waals surface area (Å²) in [6, 6.07) is 11.6. The minimum atomic E-state index is -0.672. The number of nitrogens with one attached hydrogen (secondary N) is 1. The van der Waals surface area contributed by atoms with Crippen molar-refractivity contribution in [1.29, 1.82) is 0 Å². The third kappa shape index (κ3) is 5.96. The third-order valence-corrected chi connectivity index (χ3v) is 6.40. The van der Waals surface area contributed by atoms with E-state index in [1.54, 1.807) is 36.2 Å². The molecule has 1 fully saturated rings. The molecular weight excluding hydrogens is 494 g/mol. The Kier molecular flexibility index (Phi) is 7.95. The van der Waals surface area contributed by atoms with E-state index in [4.69, 9.17) is 38.4 Å². The first kappa shape index (κ1) is 25.0. The molecule has 1 unspecified atom stereocenters. The number of nitrogen functional groups attached to an aromatic ring is 1. The number of carbonyl (C=O) groups is 1. The van der Waals surface area contributed by atoms with E-state index in [1.807, 2.05) is 12.1 Å². The van der Waals surface area contributed by atoms with Gasteiger partial charge in [0.2, 0.25) is 0 Å². The number of nitrogens with zero attached hydrogens (tertiary/aromatic N) is 2. The van der Waals surface area contributed by atoms with E-state index in [0.29, 0.717) is 30.2 Å². The normalized spacial score (nSPS) is 14.5. The zero-order valence-electron chi connectivity index (χ0n) is 19.1. The molecule has 1 amide bonds. The predicted molar refractivity (Wildman–Crippen MR) is 134 cm³/mol. The molecule has 0 saturated carbocycles. The maximum absolute atomic E-state index is 13.9. The smallest absolute Gasteiger partial charge is 0.260 e. The van der Waals surface area contributed by atoms with Crippen molar-refractivity contribution in [2.24, 2.45) is 0 Å². The van der Waals surface area contributed by atoms with Crippen LogP contribution in [0.5, 0.6) is 11.5 Å². The SMILES string of the molecule is CC(Oc1cc(-c2ccc(OCC(=O)N3CCNCC3)cc2)cnc1N)c1c(Cl)ccc(F)c1Cl. The Labute approximate surface area is 212 Å². The molecule has 1 saturated heterocycles. The van der Waals surface area contributed by atoms with Gasteiger partial charge in [-0.2, -0.15) is 0 Å². The Morgan fingerprint density at radius 3 is 2.60 bits per heavy atom. The number of aromatic nitrogens is 1.